The number of carbonyl (C=O) groups excluding carboxylic acids is 3. The van der Waals surface area contributed by atoms with E-state index in [4.69, 9.17) is 14.2 Å². The van der Waals surface area contributed by atoms with Gasteiger partial charge in [-0.25, -0.2) is 9.59 Å². The van der Waals surface area contributed by atoms with Crippen LogP contribution in [0.1, 0.15) is 36.5 Å². The molecule has 0 aromatic heterocycles. The van der Waals surface area contributed by atoms with Crippen molar-refractivity contribution in [2.75, 3.05) is 0 Å². The Morgan fingerprint density at radius 1 is 1.27 bits per heavy atom. The lowest BCUT2D eigenvalue weighted by Gasteiger charge is -2.31. The molecule has 0 N–H and O–H groups in total. The molecule has 26 heavy (non-hydrogen) atoms. The van der Waals surface area contributed by atoms with Crippen LogP contribution >= 0.6 is 15.9 Å². The summed E-state index contributed by atoms with van der Waals surface area (Å²) in [6.45, 7) is 1.99. The van der Waals surface area contributed by atoms with Gasteiger partial charge in [-0.15, -0.1) is 0 Å². The van der Waals surface area contributed by atoms with Gasteiger partial charge in [-0.05, 0) is 30.7 Å². The Kier molecular flexibility index (Phi) is 4.44. The predicted octanol–water partition coefficient (Wildman–Crippen LogP) is 2.74. The molecule has 0 bridgehead atoms. The van der Waals surface area contributed by atoms with E-state index in [1.807, 2.05) is 6.92 Å². The monoisotopic (exact) mass is 420 g/mol. The number of fused-ring (bicyclic) bond motifs is 1. The van der Waals surface area contributed by atoms with Crippen molar-refractivity contribution in [3.8, 4) is 0 Å². The topological polar surface area (TPSA) is 82.2 Å². The fourth-order valence-electron chi connectivity index (χ4n) is 3.52. The number of esters is 2. The second-order valence-electron chi connectivity index (χ2n) is 6.63. The molecule has 7 heteroatoms. The lowest BCUT2D eigenvalue weighted by atomic mass is 9.83. The van der Waals surface area contributed by atoms with Crippen molar-refractivity contribution in [1.29, 1.82) is 0 Å². The third-order valence-electron chi connectivity index (χ3n) is 4.84. The minimum absolute atomic E-state index is 0.145. The number of Topliss-reactive ketones (excluding diaryl/α,β-unsaturated/α-hetero) is 1. The number of epoxide rings is 1. The third kappa shape index (κ3) is 2.99. The van der Waals surface area contributed by atoms with E-state index in [2.05, 4.69) is 15.9 Å². The first-order valence-corrected chi connectivity index (χ1v) is 9.39. The van der Waals surface area contributed by atoms with Gasteiger partial charge in [-0.3, -0.25) is 4.79 Å². The Morgan fingerprint density at radius 2 is 2.00 bits per heavy atom. The quantitative estimate of drug-likeness (QED) is 0.550. The summed E-state index contributed by atoms with van der Waals surface area (Å²) in [6.07, 6.45) is -0.548. The van der Waals surface area contributed by atoms with Crippen molar-refractivity contribution < 1.29 is 28.6 Å². The number of hydrogen-bond acceptors (Lipinski definition) is 6. The lowest BCUT2D eigenvalue weighted by molar-refractivity contribution is -0.148. The Labute approximate surface area is 158 Å². The maximum Gasteiger partial charge on any atom is 0.338 e. The molecule has 1 saturated heterocycles. The first kappa shape index (κ1) is 17.4. The normalized spacial score (nSPS) is 29.6. The zero-order valence-corrected chi connectivity index (χ0v) is 15.7. The Bertz CT molecular complexity index is 812. The van der Waals surface area contributed by atoms with Crippen LogP contribution in [0.15, 0.2) is 39.9 Å². The molecule has 1 aromatic rings. The summed E-state index contributed by atoms with van der Waals surface area (Å²) in [4.78, 5) is 37.5. The van der Waals surface area contributed by atoms with Gasteiger partial charge in [0.25, 0.3) is 0 Å². The smallest absolute Gasteiger partial charge is 0.338 e. The molecule has 0 radical (unpaired) electrons. The van der Waals surface area contributed by atoms with Crippen molar-refractivity contribution in [2.24, 2.45) is 0 Å². The molecular weight excluding hydrogens is 404 g/mol. The number of ketones is 1. The van der Waals surface area contributed by atoms with Gasteiger partial charge in [0.15, 0.2) is 18.0 Å². The zero-order chi connectivity index (χ0) is 18.4. The molecule has 2 heterocycles. The molecule has 0 spiro atoms. The third-order valence-corrected chi connectivity index (χ3v) is 5.37. The van der Waals surface area contributed by atoms with E-state index in [9.17, 15) is 14.4 Å². The molecule has 4 atom stereocenters. The number of carbonyl (C=O) groups is 3. The Balaban J connectivity index is 1.61. The van der Waals surface area contributed by atoms with Gasteiger partial charge in [-0.1, -0.05) is 29.3 Å². The molecule has 136 valence electrons. The van der Waals surface area contributed by atoms with Crippen LogP contribution in [0.3, 0.4) is 0 Å². The molecule has 1 fully saturated rings. The predicted molar refractivity (Wildman–Crippen MR) is 93.4 cm³/mol. The van der Waals surface area contributed by atoms with Crippen molar-refractivity contribution in [2.45, 2.75) is 50.6 Å². The van der Waals surface area contributed by atoms with Crippen LogP contribution in [0.4, 0.5) is 0 Å². The average Bonchev–Trinajstić information content (AvgIpc) is 3.40. The standard InChI is InChI=1S/C19H17BrO6/c1-2-3-11-8-12-13(19(23)24-11)15(17-16(25-17)14(12)21)26-18(22)9-4-6-10(20)7-5-9/h4-7,11,15-17H,2-3,8H2,1H3/t11-,15-,16-,17+/m1/s1. The van der Waals surface area contributed by atoms with Crippen molar-refractivity contribution >= 4 is 33.7 Å². The van der Waals surface area contributed by atoms with Crippen LogP contribution in [0.25, 0.3) is 0 Å². The largest absolute Gasteiger partial charge is 0.459 e. The zero-order valence-electron chi connectivity index (χ0n) is 14.1. The molecular formula is C19H17BrO6. The van der Waals surface area contributed by atoms with Gasteiger partial charge in [0.1, 0.15) is 12.2 Å². The Morgan fingerprint density at radius 3 is 2.69 bits per heavy atom. The van der Waals surface area contributed by atoms with Gasteiger partial charge < -0.3 is 14.2 Å². The van der Waals surface area contributed by atoms with E-state index in [0.717, 1.165) is 10.9 Å². The second kappa shape index (κ2) is 6.63. The highest BCUT2D eigenvalue weighted by Gasteiger charge is 2.60. The summed E-state index contributed by atoms with van der Waals surface area (Å²) >= 11 is 3.31. The average molecular weight is 421 g/mol. The van der Waals surface area contributed by atoms with Crippen molar-refractivity contribution in [1.82, 2.24) is 0 Å². The maximum absolute atomic E-state index is 12.5. The number of rotatable bonds is 4. The number of cyclic esters (lactones) is 1. The summed E-state index contributed by atoms with van der Waals surface area (Å²) < 4.78 is 17.3. The summed E-state index contributed by atoms with van der Waals surface area (Å²) in [5.74, 6) is -1.33. The molecule has 2 aliphatic heterocycles. The van der Waals surface area contributed by atoms with Gasteiger partial charge in [0, 0.05) is 16.5 Å². The first-order chi connectivity index (χ1) is 12.5. The van der Waals surface area contributed by atoms with E-state index < -0.39 is 30.3 Å². The molecule has 1 aliphatic carbocycles. The van der Waals surface area contributed by atoms with Gasteiger partial charge >= 0.3 is 11.9 Å². The van der Waals surface area contributed by atoms with Gasteiger partial charge in [0.05, 0.1) is 11.1 Å². The second-order valence-corrected chi connectivity index (χ2v) is 7.55. The van der Waals surface area contributed by atoms with E-state index in [1.165, 1.54) is 0 Å². The molecule has 1 aromatic carbocycles. The molecule has 3 aliphatic rings. The highest BCUT2D eigenvalue weighted by Crippen LogP contribution is 2.43. The number of benzene rings is 1. The van der Waals surface area contributed by atoms with Crippen LogP contribution in [-0.4, -0.2) is 42.1 Å². The number of hydrogen-bond donors (Lipinski definition) is 0. The number of halogens is 1. The number of ether oxygens (including phenoxy) is 3. The van der Waals surface area contributed by atoms with E-state index in [1.54, 1.807) is 24.3 Å². The molecule has 0 unspecified atom stereocenters. The molecule has 0 amide bonds. The SMILES string of the molecule is CCC[C@@H]1CC2=C(C(=O)O1)[C@@H](OC(=O)c1ccc(Br)cc1)[C@@H]1O[C@@H]1C2=O. The van der Waals surface area contributed by atoms with Crippen LogP contribution in [0.5, 0.6) is 0 Å². The minimum atomic E-state index is -0.904. The van der Waals surface area contributed by atoms with E-state index >= 15 is 0 Å². The summed E-state index contributed by atoms with van der Waals surface area (Å²) in [7, 11) is 0. The van der Waals surface area contributed by atoms with Gasteiger partial charge in [0.2, 0.25) is 0 Å². The first-order valence-electron chi connectivity index (χ1n) is 8.59. The van der Waals surface area contributed by atoms with Gasteiger partial charge in [-0.2, -0.15) is 0 Å². The Hall–Kier alpha value is -1.99. The highest BCUT2D eigenvalue weighted by atomic mass is 79.9. The fraction of sp³-hybridized carbons (Fsp3) is 0.421. The van der Waals surface area contributed by atoms with E-state index in [0.29, 0.717) is 24.0 Å². The van der Waals surface area contributed by atoms with Crippen LogP contribution < -0.4 is 0 Å². The molecule has 6 nitrogen and oxygen atoms in total. The van der Waals surface area contributed by atoms with E-state index in [-0.39, 0.29) is 17.5 Å². The summed E-state index contributed by atoms with van der Waals surface area (Å²) in [5.41, 5.74) is 0.899. The lowest BCUT2D eigenvalue weighted by Crippen LogP contribution is -2.43. The summed E-state index contributed by atoms with van der Waals surface area (Å²) in [5, 5.41) is 0. The fourth-order valence-corrected chi connectivity index (χ4v) is 3.78. The maximum atomic E-state index is 12.5. The minimum Gasteiger partial charge on any atom is -0.459 e. The summed E-state index contributed by atoms with van der Waals surface area (Å²) in [6, 6.07) is 6.70. The highest BCUT2D eigenvalue weighted by molar-refractivity contribution is 9.10. The van der Waals surface area contributed by atoms with Crippen LogP contribution in [0.2, 0.25) is 0 Å². The molecule has 0 saturated carbocycles. The molecule has 4 rings (SSSR count). The van der Waals surface area contributed by atoms with Crippen LogP contribution in [-0.2, 0) is 23.8 Å². The van der Waals surface area contributed by atoms with Crippen molar-refractivity contribution in [3.63, 3.8) is 0 Å². The van der Waals surface area contributed by atoms with Crippen molar-refractivity contribution in [3.05, 3.63) is 45.4 Å². The van der Waals surface area contributed by atoms with Crippen LogP contribution in [0, 0.1) is 0 Å².